The van der Waals surface area contributed by atoms with Crippen LogP contribution in [-0.4, -0.2) is 26.1 Å². The van der Waals surface area contributed by atoms with Crippen LogP contribution in [0.25, 0.3) is 5.69 Å². The predicted molar refractivity (Wildman–Crippen MR) is 86.5 cm³/mol. The van der Waals surface area contributed by atoms with Gasteiger partial charge in [0.2, 0.25) is 0 Å². The number of halogens is 1. The third-order valence-corrected chi connectivity index (χ3v) is 3.67. The first-order valence-corrected chi connectivity index (χ1v) is 7.40. The highest BCUT2D eigenvalue weighted by atomic mass is 35.5. The monoisotopic (exact) mass is 327 g/mol. The Hall–Kier alpha value is -2.73. The van der Waals surface area contributed by atoms with E-state index in [4.69, 9.17) is 11.6 Å². The molecule has 23 heavy (non-hydrogen) atoms. The maximum atomic E-state index is 12.2. The lowest BCUT2D eigenvalue weighted by Gasteiger charge is -2.07. The summed E-state index contributed by atoms with van der Waals surface area (Å²) in [4.78, 5) is 12.2. The van der Waals surface area contributed by atoms with Crippen LogP contribution in [0.4, 0.5) is 0 Å². The third-order valence-electron chi connectivity index (χ3n) is 3.34. The number of benzene rings is 2. The molecule has 0 bridgehead atoms. The van der Waals surface area contributed by atoms with Gasteiger partial charge in [-0.2, -0.15) is 4.68 Å². The predicted octanol–water partition coefficient (Wildman–Crippen LogP) is 2.55. The smallest absolute Gasteiger partial charge is 0.253 e. The molecule has 6 nitrogen and oxygen atoms in total. The normalized spacial score (nSPS) is 10.5. The molecule has 116 valence electrons. The molecule has 1 amide bonds. The van der Waals surface area contributed by atoms with Crippen molar-refractivity contribution in [1.82, 2.24) is 25.5 Å². The summed E-state index contributed by atoms with van der Waals surface area (Å²) in [5.41, 5.74) is 2.40. The van der Waals surface area contributed by atoms with E-state index >= 15 is 0 Å². The quantitative estimate of drug-likeness (QED) is 0.799. The zero-order valence-electron chi connectivity index (χ0n) is 12.4. The summed E-state index contributed by atoms with van der Waals surface area (Å²) in [6.45, 7) is 2.21. The van der Waals surface area contributed by atoms with Crippen LogP contribution in [0.1, 0.15) is 21.7 Å². The fourth-order valence-corrected chi connectivity index (χ4v) is 2.32. The van der Waals surface area contributed by atoms with Gasteiger partial charge in [0.05, 0.1) is 22.8 Å². The van der Waals surface area contributed by atoms with E-state index in [-0.39, 0.29) is 12.5 Å². The van der Waals surface area contributed by atoms with Crippen LogP contribution in [0, 0.1) is 6.92 Å². The number of nitrogens with one attached hydrogen (secondary N) is 1. The Morgan fingerprint density at radius 1 is 1.17 bits per heavy atom. The highest BCUT2D eigenvalue weighted by Gasteiger charge is 2.12. The molecule has 0 unspecified atom stereocenters. The second-order valence-electron chi connectivity index (χ2n) is 5.00. The van der Waals surface area contributed by atoms with Gasteiger partial charge in [-0.25, -0.2) is 0 Å². The van der Waals surface area contributed by atoms with Crippen LogP contribution < -0.4 is 5.32 Å². The van der Waals surface area contributed by atoms with E-state index in [0.717, 1.165) is 11.3 Å². The van der Waals surface area contributed by atoms with Gasteiger partial charge in [-0.1, -0.05) is 41.4 Å². The summed E-state index contributed by atoms with van der Waals surface area (Å²) >= 11 is 6.02. The maximum Gasteiger partial charge on any atom is 0.253 e. The summed E-state index contributed by atoms with van der Waals surface area (Å²) in [6.07, 6.45) is 0. The van der Waals surface area contributed by atoms with Crippen molar-refractivity contribution < 1.29 is 4.79 Å². The van der Waals surface area contributed by atoms with Crippen molar-refractivity contribution in [3.63, 3.8) is 0 Å². The fourth-order valence-electron chi connectivity index (χ4n) is 2.10. The number of carbonyl (C=O) groups excluding carboxylic acids is 1. The highest BCUT2D eigenvalue weighted by molar-refractivity contribution is 6.33. The topological polar surface area (TPSA) is 72.7 Å². The van der Waals surface area contributed by atoms with Crippen molar-refractivity contribution in [2.24, 2.45) is 0 Å². The maximum absolute atomic E-state index is 12.2. The van der Waals surface area contributed by atoms with Crippen LogP contribution in [0.2, 0.25) is 5.02 Å². The zero-order chi connectivity index (χ0) is 16.2. The minimum Gasteiger partial charge on any atom is -0.345 e. The number of hydrogen-bond donors (Lipinski definition) is 1. The average Bonchev–Trinajstić information content (AvgIpc) is 3.02. The number of tetrazole rings is 1. The summed E-state index contributed by atoms with van der Waals surface area (Å²) in [7, 11) is 0. The summed E-state index contributed by atoms with van der Waals surface area (Å²) in [5, 5.41) is 14.8. The zero-order valence-corrected chi connectivity index (χ0v) is 13.2. The lowest BCUT2D eigenvalue weighted by Crippen LogP contribution is -2.25. The van der Waals surface area contributed by atoms with Gasteiger partial charge >= 0.3 is 0 Å². The molecule has 3 rings (SSSR count). The second-order valence-corrected chi connectivity index (χ2v) is 5.41. The van der Waals surface area contributed by atoms with Gasteiger partial charge in [0.25, 0.3) is 5.91 Å². The molecule has 0 fully saturated rings. The molecule has 1 N–H and O–H groups in total. The second kappa shape index (κ2) is 6.58. The Bertz CT molecular complexity index is 828. The first-order chi connectivity index (χ1) is 11.1. The van der Waals surface area contributed by atoms with E-state index < -0.39 is 0 Å². The van der Waals surface area contributed by atoms with Gasteiger partial charge in [0.15, 0.2) is 5.82 Å². The van der Waals surface area contributed by atoms with Gasteiger partial charge in [-0.05, 0) is 41.6 Å². The van der Waals surface area contributed by atoms with Gasteiger partial charge in [0, 0.05) is 0 Å². The molecule has 1 heterocycles. The SMILES string of the molecule is Cc1ccc(-n2nnnc2CNC(=O)c2ccccc2Cl)cc1. The van der Waals surface area contributed by atoms with E-state index in [1.807, 2.05) is 31.2 Å². The van der Waals surface area contributed by atoms with Gasteiger partial charge < -0.3 is 5.32 Å². The molecule has 0 saturated heterocycles. The van der Waals surface area contributed by atoms with Crippen LogP contribution in [0.5, 0.6) is 0 Å². The van der Waals surface area contributed by atoms with Crippen molar-refractivity contribution in [1.29, 1.82) is 0 Å². The minimum atomic E-state index is -0.269. The molecule has 0 radical (unpaired) electrons. The minimum absolute atomic E-state index is 0.199. The van der Waals surface area contributed by atoms with Crippen molar-refractivity contribution in [2.45, 2.75) is 13.5 Å². The summed E-state index contributed by atoms with van der Waals surface area (Å²) in [5.74, 6) is 0.267. The Labute approximate surface area is 138 Å². The molecular weight excluding hydrogens is 314 g/mol. The van der Waals surface area contributed by atoms with Crippen LogP contribution >= 0.6 is 11.6 Å². The van der Waals surface area contributed by atoms with Gasteiger partial charge in [-0.3, -0.25) is 4.79 Å². The largest absolute Gasteiger partial charge is 0.345 e. The molecule has 0 atom stereocenters. The molecule has 1 aromatic heterocycles. The number of carbonyl (C=O) groups is 1. The lowest BCUT2D eigenvalue weighted by atomic mass is 10.2. The van der Waals surface area contributed by atoms with E-state index in [1.54, 1.807) is 28.9 Å². The molecule has 0 aliphatic heterocycles. The van der Waals surface area contributed by atoms with Gasteiger partial charge in [-0.15, -0.1) is 5.10 Å². The first kappa shape index (κ1) is 15.2. The molecule has 0 saturated carbocycles. The van der Waals surface area contributed by atoms with Crippen molar-refractivity contribution >= 4 is 17.5 Å². The number of aryl methyl sites for hydroxylation is 1. The average molecular weight is 328 g/mol. The standard InChI is InChI=1S/C16H14ClN5O/c1-11-6-8-12(9-7-11)22-15(19-20-21-22)10-18-16(23)13-4-2-3-5-14(13)17/h2-9H,10H2,1H3,(H,18,23). The Balaban J connectivity index is 1.75. The lowest BCUT2D eigenvalue weighted by molar-refractivity contribution is 0.0950. The number of nitrogens with zero attached hydrogens (tertiary/aromatic N) is 4. The number of rotatable bonds is 4. The molecule has 2 aromatic carbocycles. The number of aromatic nitrogens is 4. The third kappa shape index (κ3) is 3.37. The van der Waals surface area contributed by atoms with Crippen LogP contribution in [-0.2, 0) is 6.54 Å². The molecule has 7 heteroatoms. The van der Waals surface area contributed by atoms with E-state index in [0.29, 0.717) is 16.4 Å². The Morgan fingerprint density at radius 3 is 2.65 bits per heavy atom. The molecule has 0 aliphatic carbocycles. The van der Waals surface area contributed by atoms with Gasteiger partial charge in [0.1, 0.15) is 0 Å². The van der Waals surface area contributed by atoms with Crippen molar-refractivity contribution in [2.75, 3.05) is 0 Å². The van der Waals surface area contributed by atoms with Crippen LogP contribution in [0.15, 0.2) is 48.5 Å². The Morgan fingerprint density at radius 2 is 1.91 bits per heavy atom. The van der Waals surface area contributed by atoms with Crippen molar-refractivity contribution in [3.05, 3.63) is 70.5 Å². The molecular formula is C16H14ClN5O. The van der Waals surface area contributed by atoms with Crippen molar-refractivity contribution in [3.8, 4) is 5.69 Å². The summed E-state index contributed by atoms with van der Waals surface area (Å²) < 4.78 is 1.59. The highest BCUT2D eigenvalue weighted by Crippen LogP contribution is 2.15. The Kier molecular flexibility index (Phi) is 4.34. The first-order valence-electron chi connectivity index (χ1n) is 7.02. The fraction of sp³-hybridized carbons (Fsp3) is 0.125. The summed E-state index contributed by atoms with van der Waals surface area (Å²) in [6, 6.07) is 14.7. The molecule has 3 aromatic rings. The molecule has 0 spiro atoms. The van der Waals surface area contributed by atoms with E-state index in [9.17, 15) is 4.79 Å². The number of hydrogen-bond acceptors (Lipinski definition) is 4. The van der Waals surface area contributed by atoms with E-state index in [1.165, 1.54) is 0 Å². The number of amides is 1. The van der Waals surface area contributed by atoms with Crippen LogP contribution in [0.3, 0.4) is 0 Å². The molecule has 0 aliphatic rings. The van der Waals surface area contributed by atoms with E-state index in [2.05, 4.69) is 20.8 Å².